The minimum atomic E-state index is -0.496. The van der Waals surface area contributed by atoms with Gasteiger partial charge in [0.15, 0.2) is 6.29 Å². The predicted octanol–water partition coefficient (Wildman–Crippen LogP) is -0.997. The van der Waals surface area contributed by atoms with E-state index in [2.05, 4.69) is 10.2 Å². The lowest BCUT2D eigenvalue weighted by molar-refractivity contribution is -0.186. The number of ether oxygens (including phenoxy) is 2. The zero-order chi connectivity index (χ0) is 16.0. The van der Waals surface area contributed by atoms with Gasteiger partial charge in [0.25, 0.3) is 0 Å². The molecule has 0 unspecified atom stereocenters. The molecule has 4 aliphatic rings. The Labute approximate surface area is 136 Å². The van der Waals surface area contributed by atoms with Crippen LogP contribution in [0.3, 0.4) is 0 Å². The van der Waals surface area contributed by atoms with E-state index in [-0.39, 0.29) is 30.4 Å². The van der Waals surface area contributed by atoms with Gasteiger partial charge in [0.05, 0.1) is 24.8 Å². The Balaban J connectivity index is 1.41. The SMILES string of the molecule is CC(=O)N1CCN([C@H]2[C@@H]3OC[C@@H](O3)[C@@H](NCC3CC3)[C@@H]2O)CC1. The number of carbonyl (C=O) groups is 1. The fourth-order valence-electron chi connectivity index (χ4n) is 4.00. The van der Waals surface area contributed by atoms with E-state index in [4.69, 9.17) is 9.47 Å². The number of piperazine rings is 1. The van der Waals surface area contributed by atoms with Crippen LogP contribution >= 0.6 is 0 Å². The van der Waals surface area contributed by atoms with Crippen LogP contribution in [0.15, 0.2) is 0 Å². The molecule has 0 aromatic rings. The van der Waals surface area contributed by atoms with E-state index in [0.29, 0.717) is 19.7 Å². The zero-order valence-electron chi connectivity index (χ0n) is 13.7. The molecule has 1 saturated carbocycles. The number of hydrogen-bond donors (Lipinski definition) is 2. The van der Waals surface area contributed by atoms with Crippen LogP contribution in [0.5, 0.6) is 0 Å². The molecule has 3 aliphatic heterocycles. The number of hydrogen-bond acceptors (Lipinski definition) is 6. The fourth-order valence-corrected chi connectivity index (χ4v) is 4.00. The molecular formula is C16H27N3O4. The molecule has 3 heterocycles. The monoisotopic (exact) mass is 325 g/mol. The molecule has 3 saturated heterocycles. The summed E-state index contributed by atoms with van der Waals surface area (Å²) in [5.74, 6) is 0.881. The highest BCUT2D eigenvalue weighted by molar-refractivity contribution is 5.73. The molecule has 1 amide bonds. The van der Waals surface area contributed by atoms with Crippen molar-refractivity contribution in [2.24, 2.45) is 5.92 Å². The first-order chi connectivity index (χ1) is 11.1. The minimum Gasteiger partial charge on any atom is -0.390 e. The number of amides is 1. The van der Waals surface area contributed by atoms with Gasteiger partial charge in [-0.05, 0) is 25.3 Å². The summed E-state index contributed by atoms with van der Waals surface area (Å²) < 4.78 is 11.8. The Hall–Kier alpha value is -0.730. The van der Waals surface area contributed by atoms with Gasteiger partial charge < -0.3 is 24.8 Å². The Bertz CT molecular complexity index is 451. The van der Waals surface area contributed by atoms with Gasteiger partial charge in [0.1, 0.15) is 6.10 Å². The first-order valence-electron chi connectivity index (χ1n) is 8.81. The van der Waals surface area contributed by atoms with Crippen LogP contribution in [-0.2, 0) is 14.3 Å². The molecule has 7 heteroatoms. The van der Waals surface area contributed by atoms with E-state index in [1.807, 2.05) is 4.90 Å². The van der Waals surface area contributed by atoms with Gasteiger partial charge in [-0.1, -0.05) is 0 Å². The van der Waals surface area contributed by atoms with Gasteiger partial charge in [-0.15, -0.1) is 0 Å². The Morgan fingerprint density at radius 2 is 2.00 bits per heavy atom. The van der Waals surface area contributed by atoms with Gasteiger partial charge in [-0.2, -0.15) is 0 Å². The summed E-state index contributed by atoms with van der Waals surface area (Å²) in [7, 11) is 0. The van der Waals surface area contributed by atoms with Crippen LogP contribution in [0.4, 0.5) is 0 Å². The zero-order valence-corrected chi connectivity index (χ0v) is 13.7. The van der Waals surface area contributed by atoms with Crippen LogP contribution in [0.25, 0.3) is 0 Å². The lowest BCUT2D eigenvalue weighted by atomic mass is 9.94. The number of rotatable bonds is 4. The second-order valence-electron chi connectivity index (χ2n) is 7.28. The Morgan fingerprint density at radius 1 is 1.26 bits per heavy atom. The van der Waals surface area contributed by atoms with Crippen molar-refractivity contribution in [3.8, 4) is 0 Å². The van der Waals surface area contributed by atoms with Crippen molar-refractivity contribution in [3.05, 3.63) is 0 Å². The number of nitrogens with zero attached hydrogens (tertiary/aromatic N) is 2. The number of aliphatic hydroxyl groups excluding tert-OH is 1. The van der Waals surface area contributed by atoms with E-state index in [1.54, 1.807) is 6.92 Å². The highest BCUT2D eigenvalue weighted by Crippen LogP contribution is 2.33. The van der Waals surface area contributed by atoms with Gasteiger partial charge >= 0.3 is 0 Å². The molecule has 0 aromatic carbocycles. The Morgan fingerprint density at radius 3 is 2.65 bits per heavy atom. The molecule has 0 aromatic heterocycles. The van der Waals surface area contributed by atoms with Crippen molar-refractivity contribution < 1.29 is 19.4 Å². The molecule has 23 heavy (non-hydrogen) atoms. The summed E-state index contributed by atoms with van der Waals surface area (Å²) in [5, 5.41) is 14.4. The van der Waals surface area contributed by atoms with Gasteiger partial charge in [0, 0.05) is 33.1 Å². The van der Waals surface area contributed by atoms with Gasteiger partial charge in [-0.25, -0.2) is 0 Å². The first-order valence-corrected chi connectivity index (χ1v) is 8.81. The quantitative estimate of drug-likeness (QED) is 0.691. The molecule has 2 bridgehead atoms. The molecule has 0 spiro atoms. The summed E-state index contributed by atoms with van der Waals surface area (Å²) in [5.41, 5.74) is 0. The largest absolute Gasteiger partial charge is 0.390 e. The van der Waals surface area contributed by atoms with E-state index in [1.165, 1.54) is 12.8 Å². The molecule has 7 nitrogen and oxygen atoms in total. The third-order valence-electron chi connectivity index (χ3n) is 5.65. The summed E-state index contributed by atoms with van der Waals surface area (Å²) in [6, 6.07) is -0.218. The maximum atomic E-state index is 11.5. The van der Waals surface area contributed by atoms with Crippen molar-refractivity contribution in [3.63, 3.8) is 0 Å². The van der Waals surface area contributed by atoms with Crippen molar-refractivity contribution in [1.29, 1.82) is 0 Å². The van der Waals surface area contributed by atoms with Crippen molar-refractivity contribution in [1.82, 2.24) is 15.1 Å². The van der Waals surface area contributed by atoms with Crippen LogP contribution in [-0.4, -0.2) is 90.7 Å². The third kappa shape index (κ3) is 3.13. The lowest BCUT2D eigenvalue weighted by Crippen LogP contribution is -2.66. The van der Waals surface area contributed by atoms with E-state index in [0.717, 1.165) is 25.6 Å². The van der Waals surface area contributed by atoms with Crippen LogP contribution in [0.1, 0.15) is 19.8 Å². The summed E-state index contributed by atoms with van der Waals surface area (Å²) >= 11 is 0. The van der Waals surface area contributed by atoms with Crippen LogP contribution < -0.4 is 5.32 Å². The molecule has 130 valence electrons. The molecule has 4 fully saturated rings. The highest BCUT2D eigenvalue weighted by atomic mass is 16.7. The van der Waals surface area contributed by atoms with Crippen LogP contribution in [0.2, 0.25) is 0 Å². The predicted molar refractivity (Wildman–Crippen MR) is 82.7 cm³/mol. The summed E-state index contributed by atoms with van der Waals surface area (Å²) in [6.45, 7) is 6.03. The van der Waals surface area contributed by atoms with Crippen molar-refractivity contribution in [2.75, 3.05) is 39.3 Å². The second kappa shape index (κ2) is 6.29. The first kappa shape index (κ1) is 15.8. The minimum absolute atomic E-state index is 0.0523. The number of fused-ring (bicyclic) bond motifs is 2. The normalized spacial score (nSPS) is 41.3. The molecule has 0 radical (unpaired) electrons. The molecule has 2 N–H and O–H groups in total. The smallest absolute Gasteiger partial charge is 0.219 e. The number of nitrogens with one attached hydrogen (secondary N) is 1. The Kier molecular flexibility index (Phi) is 4.32. The topological polar surface area (TPSA) is 74.3 Å². The summed E-state index contributed by atoms with van der Waals surface area (Å²) in [6.07, 6.45) is 1.68. The van der Waals surface area contributed by atoms with Crippen molar-refractivity contribution >= 4 is 5.91 Å². The van der Waals surface area contributed by atoms with E-state index >= 15 is 0 Å². The standard InChI is InChI=1S/C16H27N3O4/c1-10(20)18-4-6-19(7-5-18)14-15(21)13(17-8-11-2-3-11)12-9-22-16(14)23-12/h11-17,21H,2-9H2,1H3/t12-,13-,14-,15+,16-/m1/s1. The van der Waals surface area contributed by atoms with E-state index < -0.39 is 6.10 Å². The molecular weight excluding hydrogens is 298 g/mol. The molecule has 1 aliphatic carbocycles. The van der Waals surface area contributed by atoms with Crippen LogP contribution in [0, 0.1) is 5.92 Å². The van der Waals surface area contributed by atoms with Gasteiger partial charge in [-0.3, -0.25) is 9.69 Å². The van der Waals surface area contributed by atoms with Gasteiger partial charge in [0.2, 0.25) is 5.91 Å². The van der Waals surface area contributed by atoms with Crippen molar-refractivity contribution in [2.45, 2.75) is 50.3 Å². The fraction of sp³-hybridized carbons (Fsp3) is 0.938. The highest BCUT2D eigenvalue weighted by Gasteiger charge is 2.52. The average Bonchev–Trinajstić information content (AvgIpc) is 3.27. The summed E-state index contributed by atoms with van der Waals surface area (Å²) in [4.78, 5) is 15.6. The molecule has 5 atom stereocenters. The average molecular weight is 325 g/mol. The second-order valence-corrected chi connectivity index (χ2v) is 7.28. The number of aliphatic hydroxyl groups is 1. The maximum absolute atomic E-state index is 11.5. The molecule has 4 rings (SSSR count). The maximum Gasteiger partial charge on any atom is 0.219 e. The lowest BCUT2D eigenvalue weighted by Gasteiger charge is -2.46. The van der Waals surface area contributed by atoms with E-state index in [9.17, 15) is 9.90 Å². The third-order valence-corrected chi connectivity index (χ3v) is 5.65. The number of carbonyl (C=O) groups excluding carboxylic acids is 1.